The number of anilines is 1. The molecule has 1 unspecified atom stereocenters. The standard InChI is InChI=1S/C16H17Br2FN2/c1-2-3-12(17)6-11-9-21(10-14(19)8-20)16-5-4-13(18)7-15(11)16/h2-7,14H,1,8-10,20H2/b11-6+,12-3+. The fraction of sp³-hybridized carbons (Fsp3) is 0.250. The normalized spacial score (nSPS) is 18.0. The van der Waals surface area contributed by atoms with Crippen molar-refractivity contribution in [3.63, 3.8) is 0 Å². The highest BCUT2D eigenvalue weighted by Gasteiger charge is 2.25. The molecular weight excluding hydrogens is 399 g/mol. The summed E-state index contributed by atoms with van der Waals surface area (Å²) >= 11 is 6.98. The first-order valence-electron chi connectivity index (χ1n) is 6.63. The maximum absolute atomic E-state index is 13.6. The molecule has 2 nitrogen and oxygen atoms in total. The van der Waals surface area contributed by atoms with Crippen LogP contribution >= 0.6 is 31.9 Å². The van der Waals surface area contributed by atoms with Gasteiger partial charge in [-0.05, 0) is 35.9 Å². The van der Waals surface area contributed by atoms with Crippen molar-refractivity contribution in [2.75, 3.05) is 24.5 Å². The lowest BCUT2D eigenvalue weighted by molar-refractivity contribution is 0.345. The molecule has 5 heteroatoms. The summed E-state index contributed by atoms with van der Waals surface area (Å²) in [7, 11) is 0. The topological polar surface area (TPSA) is 29.3 Å². The van der Waals surface area contributed by atoms with Crippen molar-refractivity contribution in [2.45, 2.75) is 6.17 Å². The molecule has 0 radical (unpaired) electrons. The fourth-order valence-electron chi connectivity index (χ4n) is 2.34. The molecule has 2 rings (SSSR count). The van der Waals surface area contributed by atoms with Crippen LogP contribution in [0.1, 0.15) is 5.56 Å². The molecule has 112 valence electrons. The van der Waals surface area contributed by atoms with Gasteiger partial charge in [0.15, 0.2) is 0 Å². The zero-order valence-corrected chi connectivity index (χ0v) is 14.7. The highest BCUT2D eigenvalue weighted by molar-refractivity contribution is 9.12. The summed E-state index contributed by atoms with van der Waals surface area (Å²) in [6.07, 6.45) is 4.63. The summed E-state index contributed by atoms with van der Waals surface area (Å²) in [5.41, 5.74) is 8.69. The molecule has 0 saturated heterocycles. The predicted molar refractivity (Wildman–Crippen MR) is 95.5 cm³/mol. The minimum atomic E-state index is -1.02. The van der Waals surface area contributed by atoms with E-state index in [2.05, 4.69) is 44.5 Å². The number of fused-ring (bicyclic) bond motifs is 1. The van der Waals surface area contributed by atoms with E-state index >= 15 is 0 Å². The van der Waals surface area contributed by atoms with Gasteiger partial charge in [0.1, 0.15) is 6.17 Å². The van der Waals surface area contributed by atoms with Gasteiger partial charge in [-0.2, -0.15) is 0 Å². The van der Waals surface area contributed by atoms with Gasteiger partial charge in [0.05, 0.1) is 6.54 Å². The van der Waals surface area contributed by atoms with Gasteiger partial charge in [-0.3, -0.25) is 0 Å². The lowest BCUT2D eigenvalue weighted by Gasteiger charge is -2.20. The second-order valence-corrected chi connectivity index (χ2v) is 6.66. The Bertz CT molecular complexity index is 596. The molecule has 1 aliphatic rings. The number of allylic oxidation sites excluding steroid dienone is 4. The molecule has 1 heterocycles. The average molecular weight is 416 g/mol. The molecule has 1 atom stereocenters. The van der Waals surface area contributed by atoms with Crippen molar-refractivity contribution in [1.29, 1.82) is 0 Å². The van der Waals surface area contributed by atoms with Gasteiger partial charge in [-0.25, -0.2) is 4.39 Å². The lowest BCUT2D eigenvalue weighted by atomic mass is 10.1. The van der Waals surface area contributed by atoms with Crippen molar-refractivity contribution in [2.24, 2.45) is 5.73 Å². The highest BCUT2D eigenvalue weighted by atomic mass is 79.9. The molecule has 0 saturated carbocycles. The Balaban J connectivity index is 2.37. The Morgan fingerprint density at radius 3 is 2.95 bits per heavy atom. The van der Waals surface area contributed by atoms with Gasteiger partial charge < -0.3 is 10.6 Å². The third-order valence-corrected chi connectivity index (χ3v) is 4.26. The van der Waals surface area contributed by atoms with Crippen molar-refractivity contribution in [1.82, 2.24) is 0 Å². The number of nitrogens with zero attached hydrogens (tertiary/aromatic N) is 1. The maximum Gasteiger partial charge on any atom is 0.130 e. The third-order valence-electron chi connectivity index (χ3n) is 3.27. The Morgan fingerprint density at radius 2 is 2.29 bits per heavy atom. The molecular formula is C16H17Br2FN2. The quantitative estimate of drug-likeness (QED) is 0.721. The molecule has 21 heavy (non-hydrogen) atoms. The number of hydrogen-bond donors (Lipinski definition) is 1. The fourth-order valence-corrected chi connectivity index (χ4v) is 3.17. The molecule has 0 aliphatic carbocycles. The van der Waals surface area contributed by atoms with E-state index in [-0.39, 0.29) is 6.54 Å². The van der Waals surface area contributed by atoms with Crippen LogP contribution in [-0.4, -0.2) is 25.8 Å². The zero-order chi connectivity index (χ0) is 15.4. The summed E-state index contributed by atoms with van der Waals surface area (Å²) < 4.78 is 15.6. The van der Waals surface area contributed by atoms with Crippen LogP contribution in [0, 0.1) is 0 Å². The number of nitrogens with two attached hydrogens (primary N) is 1. The molecule has 1 aromatic rings. The van der Waals surface area contributed by atoms with E-state index in [0.717, 1.165) is 25.8 Å². The van der Waals surface area contributed by atoms with Crippen molar-refractivity contribution in [3.05, 3.63) is 57.5 Å². The van der Waals surface area contributed by atoms with E-state index in [4.69, 9.17) is 5.73 Å². The average Bonchev–Trinajstić information content (AvgIpc) is 2.76. The van der Waals surface area contributed by atoms with E-state index in [1.165, 1.54) is 0 Å². The lowest BCUT2D eigenvalue weighted by Crippen LogP contribution is -2.32. The number of hydrogen-bond acceptors (Lipinski definition) is 2. The molecule has 0 aromatic heterocycles. The maximum atomic E-state index is 13.6. The van der Waals surface area contributed by atoms with Crippen LogP contribution < -0.4 is 10.6 Å². The molecule has 2 N–H and O–H groups in total. The van der Waals surface area contributed by atoms with Crippen LogP contribution in [0.5, 0.6) is 0 Å². The molecule has 0 amide bonds. The van der Waals surface area contributed by atoms with Gasteiger partial charge in [0.2, 0.25) is 0 Å². The number of rotatable bonds is 5. The van der Waals surface area contributed by atoms with Gasteiger partial charge in [0, 0.05) is 33.3 Å². The molecule has 0 fully saturated rings. The second kappa shape index (κ2) is 7.38. The minimum absolute atomic E-state index is 0.0431. The van der Waals surface area contributed by atoms with Crippen LogP contribution in [0.3, 0.4) is 0 Å². The van der Waals surface area contributed by atoms with E-state index in [9.17, 15) is 4.39 Å². The molecule has 0 bridgehead atoms. The largest absolute Gasteiger partial charge is 0.364 e. The number of halogens is 3. The SMILES string of the molecule is C=C/C=C(Br)\C=C1/CN(CC(F)CN)c2ccc(Br)cc21. The molecule has 1 aliphatic heterocycles. The van der Waals surface area contributed by atoms with Gasteiger partial charge in [-0.1, -0.05) is 44.5 Å². The number of benzene rings is 1. The first-order chi connectivity index (χ1) is 10.0. The first-order valence-corrected chi connectivity index (χ1v) is 8.21. The van der Waals surface area contributed by atoms with Crippen LogP contribution in [0.2, 0.25) is 0 Å². The summed E-state index contributed by atoms with van der Waals surface area (Å²) in [6, 6.07) is 6.04. The van der Waals surface area contributed by atoms with Gasteiger partial charge in [-0.15, -0.1) is 0 Å². The summed E-state index contributed by atoms with van der Waals surface area (Å²) in [5.74, 6) is 0. The van der Waals surface area contributed by atoms with Crippen LogP contribution in [0.25, 0.3) is 5.57 Å². The number of alkyl halides is 1. The third kappa shape index (κ3) is 4.05. The summed E-state index contributed by atoms with van der Waals surface area (Å²) in [4.78, 5) is 2.03. The summed E-state index contributed by atoms with van der Waals surface area (Å²) in [5, 5.41) is 0. The van der Waals surface area contributed by atoms with Crippen molar-refractivity contribution < 1.29 is 4.39 Å². The Morgan fingerprint density at radius 1 is 1.52 bits per heavy atom. The molecule has 0 spiro atoms. The van der Waals surface area contributed by atoms with Crippen LogP contribution in [0.15, 0.2) is 52.0 Å². The van der Waals surface area contributed by atoms with Gasteiger partial charge in [0.25, 0.3) is 0 Å². The van der Waals surface area contributed by atoms with Crippen LogP contribution in [-0.2, 0) is 0 Å². The minimum Gasteiger partial charge on any atom is -0.364 e. The van der Waals surface area contributed by atoms with Crippen molar-refractivity contribution >= 4 is 43.1 Å². The highest BCUT2D eigenvalue weighted by Crippen LogP contribution is 2.38. The Kier molecular flexibility index (Phi) is 5.79. The van der Waals surface area contributed by atoms with E-state index in [1.54, 1.807) is 6.08 Å². The monoisotopic (exact) mass is 414 g/mol. The smallest absolute Gasteiger partial charge is 0.130 e. The second-order valence-electron chi connectivity index (χ2n) is 4.83. The van der Waals surface area contributed by atoms with E-state index in [0.29, 0.717) is 13.1 Å². The van der Waals surface area contributed by atoms with Gasteiger partial charge >= 0.3 is 0 Å². The molecule has 1 aromatic carbocycles. The van der Waals surface area contributed by atoms with Crippen molar-refractivity contribution in [3.8, 4) is 0 Å². The Hall–Kier alpha value is -0.910. The Labute approximate surface area is 141 Å². The predicted octanol–water partition coefficient (Wildman–Crippen LogP) is 4.41. The van der Waals surface area contributed by atoms with E-state index in [1.807, 2.05) is 29.2 Å². The van der Waals surface area contributed by atoms with E-state index < -0.39 is 6.17 Å². The zero-order valence-electron chi connectivity index (χ0n) is 11.5. The van der Waals surface area contributed by atoms with Crippen LogP contribution in [0.4, 0.5) is 10.1 Å². The summed E-state index contributed by atoms with van der Waals surface area (Å²) in [6.45, 7) is 4.71. The first kappa shape index (κ1) is 16.5.